The van der Waals surface area contributed by atoms with E-state index >= 15 is 0 Å². The third-order valence-corrected chi connectivity index (χ3v) is 4.21. The molecule has 3 aromatic heterocycles. The highest BCUT2D eigenvalue weighted by Crippen LogP contribution is 2.19. The molecule has 8 nitrogen and oxygen atoms in total. The molecule has 9 heteroatoms. The molecule has 3 heterocycles. The van der Waals surface area contributed by atoms with E-state index in [1.807, 2.05) is 13.0 Å². The normalized spacial score (nSPS) is 11.0. The van der Waals surface area contributed by atoms with Gasteiger partial charge < -0.3 is 9.84 Å². The Kier molecular flexibility index (Phi) is 4.55. The summed E-state index contributed by atoms with van der Waals surface area (Å²) < 4.78 is 7.00. The molecule has 0 radical (unpaired) electrons. The second kappa shape index (κ2) is 7.16. The number of nitrogens with zero attached hydrogens (tertiary/aromatic N) is 5. The van der Waals surface area contributed by atoms with Gasteiger partial charge in [0.15, 0.2) is 11.5 Å². The van der Waals surface area contributed by atoms with Gasteiger partial charge in [-0.2, -0.15) is 4.98 Å². The molecule has 0 spiro atoms. The van der Waals surface area contributed by atoms with E-state index in [-0.39, 0.29) is 12.3 Å². The van der Waals surface area contributed by atoms with Gasteiger partial charge in [0.1, 0.15) is 5.82 Å². The molecule has 0 saturated heterocycles. The van der Waals surface area contributed by atoms with Crippen molar-refractivity contribution in [2.75, 3.05) is 5.32 Å². The van der Waals surface area contributed by atoms with E-state index in [1.54, 1.807) is 40.9 Å². The van der Waals surface area contributed by atoms with Crippen molar-refractivity contribution in [2.24, 2.45) is 0 Å². The van der Waals surface area contributed by atoms with Crippen LogP contribution < -0.4 is 5.32 Å². The maximum atomic E-state index is 12.3. The first kappa shape index (κ1) is 17.2. The average Bonchev–Trinajstić information content (AvgIpc) is 3.30. The molecule has 4 rings (SSSR count). The highest BCUT2D eigenvalue weighted by molar-refractivity contribution is 6.30. The maximum absolute atomic E-state index is 12.3. The fraction of sp³-hybridized carbons (Fsp3) is 0.167. The van der Waals surface area contributed by atoms with Gasteiger partial charge in [0.05, 0.1) is 6.42 Å². The molecular formula is C18H15ClN6O2. The summed E-state index contributed by atoms with van der Waals surface area (Å²) in [5.41, 5.74) is 2.01. The molecule has 0 unspecified atom stereocenters. The Morgan fingerprint density at radius 2 is 2.04 bits per heavy atom. The fourth-order valence-corrected chi connectivity index (χ4v) is 2.72. The Hall–Kier alpha value is -3.26. The number of fused-ring (bicyclic) bond motifs is 1. The summed E-state index contributed by atoms with van der Waals surface area (Å²) in [6.07, 6.45) is 2.57. The summed E-state index contributed by atoms with van der Waals surface area (Å²) in [6, 6.07) is 10.5. The number of benzene rings is 1. The van der Waals surface area contributed by atoms with Crippen LogP contribution in [0.15, 0.2) is 47.1 Å². The molecular weight excluding hydrogens is 368 g/mol. The van der Waals surface area contributed by atoms with Crippen molar-refractivity contribution in [3.05, 3.63) is 59.3 Å². The second-order valence-corrected chi connectivity index (χ2v) is 6.30. The number of rotatable bonds is 5. The number of nitrogens with one attached hydrogen (secondary N) is 1. The van der Waals surface area contributed by atoms with Crippen molar-refractivity contribution in [1.29, 1.82) is 0 Å². The molecule has 0 aliphatic rings. The smallest absolute Gasteiger partial charge is 0.258 e. The summed E-state index contributed by atoms with van der Waals surface area (Å²) in [5, 5.41) is 15.5. The lowest BCUT2D eigenvalue weighted by Crippen LogP contribution is -2.16. The molecule has 0 fully saturated rings. The van der Waals surface area contributed by atoms with Crippen LogP contribution >= 0.6 is 11.6 Å². The molecule has 0 aliphatic carbocycles. The van der Waals surface area contributed by atoms with Gasteiger partial charge in [0.2, 0.25) is 5.91 Å². The van der Waals surface area contributed by atoms with E-state index in [9.17, 15) is 4.79 Å². The number of hydrogen-bond acceptors (Lipinski definition) is 6. The predicted octanol–water partition coefficient (Wildman–Crippen LogP) is 3.18. The summed E-state index contributed by atoms with van der Waals surface area (Å²) in [4.78, 5) is 16.6. The van der Waals surface area contributed by atoms with Crippen LogP contribution in [0.25, 0.3) is 17.1 Å². The number of amides is 1. The minimum atomic E-state index is -0.194. The minimum Gasteiger partial charge on any atom is -0.334 e. The van der Waals surface area contributed by atoms with E-state index in [0.29, 0.717) is 40.3 Å². The predicted molar refractivity (Wildman–Crippen MR) is 99.4 cm³/mol. The molecule has 27 heavy (non-hydrogen) atoms. The number of hydrogen-bond donors (Lipinski definition) is 1. The van der Waals surface area contributed by atoms with Crippen LogP contribution in [0, 0.1) is 0 Å². The van der Waals surface area contributed by atoms with E-state index in [2.05, 4.69) is 25.7 Å². The van der Waals surface area contributed by atoms with Gasteiger partial charge in [-0.25, -0.2) is 0 Å². The van der Waals surface area contributed by atoms with Crippen LogP contribution in [0.4, 0.5) is 5.69 Å². The average molecular weight is 383 g/mol. The fourth-order valence-electron chi connectivity index (χ4n) is 2.59. The summed E-state index contributed by atoms with van der Waals surface area (Å²) >= 11 is 5.85. The second-order valence-electron chi connectivity index (χ2n) is 5.86. The van der Waals surface area contributed by atoms with Crippen molar-refractivity contribution in [2.45, 2.75) is 19.8 Å². The Morgan fingerprint density at radius 3 is 2.78 bits per heavy atom. The van der Waals surface area contributed by atoms with E-state index in [1.165, 1.54) is 0 Å². The third kappa shape index (κ3) is 3.65. The first-order chi connectivity index (χ1) is 13.1. The lowest BCUT2D eigenvalue weighted by molar-refractivity contribution is -0.115. The molecule has 0 atom stereocenters. The maximum Gasteiger partial charge on any atom is 0.258 e. The lowest BCUT2D eigenvalue weighted by Gasteiger charge is -2.04. The SMILES string of the molecule is CCc1noc(-c2ccn3c(CC(=O)Nc4ccc(Cl)cc4)nnc3c2)n1. The number of anilines is 1. The van der Waals surface area contributed by atoms with Gasteiger partial charge >= 0.3 is 0 Å². The van der Waals surface area contributed by atoms with Gasteiger partial charge in [-0.3, -0.25) is 9.20 Å². The Labute approximate surface area is 159 Å². The summed E-state index contributed by atoms with van der Waals surface area (Å²) in [5.74, 6) is 1.41. The van der Waals surface area contributed by atoms with Gasteiger partial charge in [-0.1, -0.05) is 23.7 Å². The largest absolute Gasteiger partial charge is 0.334 e. The van der Waals surface area contributed by atoms with Crippen LogP contribution in [0.2, 0.25) is 5.02 Å². The van der Waals surface area contributed by atoms with E-state index in [0.717, 1.165) is 5.56 Å². The Bertz CT molecular complexity index is 1100. The van der Waals surface area contributed by atoms with Crippen LogP contribution in [0.5, 0.6) is 0 Å². The van der Waals surface area contributed by atoms with Crippen molar-refractivity contribution in [3.63, 3.8) is 0 Å². The first-order valence-corrected chi connectivity index (χ1v) is 8.72. The number of carbonyl (C=O) groups excluding carboxylic acids is 1. The standard InChI is InChI=1S/C18H15ClN6O2/c1-2-14-21-18(27-24-14)11-7-8-25-15(9-11)22-23-16(25)10-17(26)20-13-5-3-12(19)4-6-13/h3-9H,2,10H2,1H3,(H,20,26). The van der Waals surface area contributed by atoms with Gasteiger partial charge in [0, 0.05) is 28.9 Å². The number of aryl methyl sites for hydroxylation is 1. The highest BCUT2D eigenvalue weighted by atomic mass is 35.5. The number of pyridine rings is 1. The van der Waals surface area contributed by atoms with Crippen molar-refractivity contribution in [1.82, 2.24) is 24.7 Å². The minimum absolute atomic E-state index is 0.0870. The van der Waals surface area contributed by atoms with Gasteiger partial charge in [-0.15, -0.1) is 10.2 Å². The number of aromatic nitrogens is 5. The third-order valence-electron chi connectivity index (χ3n) is 3.96. The highest BCUT2D eigenvalue weighted by Gasteiger charge is 2.14. The summed E-state index contributed by atoms with van der Waals surface area (Å²) in [6.45, 7) is 1.96. The van der Waals surface area contributed by atoms with Crippen LogP contribution in [0.3, 0.4) is 0 Å². The van der Waals surface area contributed by atoms with Crippen molar-refractivity contribution >= 4 is 28.8 Å². The van der Waals surface area contributed by atoms with E-state index < -0.39 is 0 Å². The van der Waals surface area contributed by atoms with Crippen LogP contribution in [-0.4, -0.2) is 30.6 Å². The van der Waals surface area contributed by atoms with Gasteiger partial charge in [-0.05, 0) is 36.4 Å². The summed E-state index contributed by atoms with van der Waals surface area (Å²) in [7, 11) is 0. The zero-order chi connectivity index (χ0) is 18.8. The zero-order valence-electron chi connectivity index (χ0n) is 14.4. The van der Waals surface area contributed by atoms with Gasteiger partial charge in [0.25, 0.3) is 5.89 Å². The molecule has 0 saturated carbocycles. The topological polar surface area (TPSA) is 98.2 Å². The van der Waals surface area contributed by atoms with Crippen LogP contribution in [0.1, 0.15) is 18.6 Å². The molecule has 0 bridgehead atoms. The lowest BCUT2D eigenvalue weighted by atomic mass is 10.2. The van der Waals surface area contributed by atoms with Crippen molar-refractivity contribution < 1.29 is 9.32 Å². The van der Waals surface area contributed by atoms with Crippen LogP contribution in [-0.2, 0) is 17.6 Å². The molecule has 136 valence electrons. The Balaban J connectivity index is 1.52. The number of carbonyl (C=O) groups is 1. The monoisotopic (exact) mass is 382 g/mol. The molecule has 1 N–H and O–H groups in total. The first-order valence-electron chi connectivity index (χ1n) is 8.34. The number of halogens is 1. The van der Waals surface area contributed by atoms with Crippen molar-refractivity contribution in [3.8, 4) is 11.5 Å². The van der Waals surface area contributed by atoms with E-state index in [4.69, 9.17) is 16.1 Å². The molecule has 1 amide bonds. The quantitative estimate of drug-likeness (QED) is 0.569. The molecule has 4 aromatic rings. The molecule has 0 aliphatic heterocycles. The zero-order valence-corrected chi connectivity index (χ0v) is 15.1. The molecule has 1 aromatic carbocycles. The Morgan fingerprint density at radius 1 is 1.22 bits per heavy atom.